The highest BCUT2D eigenvalue weighted by atomic mass is 15.3. The maximum absolute atomic E-state index is 4.59. The molecule has 0 radical (unpaired) electrons. The van der Waals surface area contributed by atoms with Crippen molar-refractivity contribution < 1.29 is 0 Å². The van der Waals surface area contributed by atoms with Crippen LogP contribution >= 0.6 is 0 Å². The molecule has 0 saturated heterocycles. The molecule has 4 unspecified atom stereocenters. The summed E-state index contributed by atoms with van der Waals surface area (Å²) in [7, 11) is 0. The smallest absolute Gasteiger partial charge is 0.0365 e. The Morgan fingerprint density at radius 3 is 2.41 bits per heavy atom. The Morgan fingerprint density at radius 1 is 0.897 bits per heavy atom. The molecule has 1 N–H and O–H groups in total. The van der Waals surface area contributed by atoms with E-state index in [1.807, 2.05) is 0 Å². The van der Waals surface area contributed by atoms with Crippen molar-refractivity contribution in [2.24, 2.45) is 28.8 Å². The van der Waals surface area contributed by atoms with Crippen LogP contribution in [0.4, 0.5) is 0 Å². The maximum Gasteiger partial charge on any atom is 0.0365 e. The van der Waals surface area contributed by atoms with Crippen molar-refractivity contribution in [3.8, 4) is 0 Å². The van der Waals surface area contributed by atoms with Crippen molar-refractivity contribution in [3.63, 3.8) is 0 Å². The molecule has 1 heterocycles. The van der Waals surface area contributed by atoms with Gasteiger partial charge in [-0.15, -0.1) is 0 Å². The molecule has 2 aliphatic rings. The molecule has 1 aliphatic heterocycles. The molecular weight excluding hydrogens is 352 g/mol. The summed E-state index contributed by atoms with van der Waals surface area (Å²) in [6.07, 6.45) is 24.3. The van der Waals surface area contributed by atoms with Crippen LogP contribution in [0.2, 0.25) is 0 Å². The Morgan fingerprint density at radius 2 is 1.69 bits per heavy atom. The third kappa shape index (κ3) is 7.76. The molecule has 0 aromatic carbocycles. The van der Waals surface area contributed by atoms with Gasteiger partial charge in [-0.05, 0) is 49.5 Å². The van der Waals surface area contributed by atoms with Gasteiger partial charge in [0.15, 0.2) is 0 Å². The molecule has 0 amide bonds. The van der Waals surface area contributed by atoms with E-state index in [4.69, 9.17) is 0 Å². The van der Waals surface area contributed by atoms with Crippen LogP contribution in [0, 0.1) is 23.7 Å². The predicted molar refractivity (Wildman–Crippen MR) is 129 cm³/mol. The standard InChI is InChI=1S/C27H50N2/c1-5-9-11-12-16-23(15-10-6-2)24-17-13-18-25-21-28-29-27(26(25)20-19-24)22(8-4)14-7-3/h21-25,29H,5-20H2,1-4H3. The number of hydrazone groups is 1. The molecular formula is C27H50N2. The van der Waals surface area contributed by atoms with Crippen molar-refractivity contribution in [1.82, 2.24) is 5.43 Å². The minimum Gasteiger partial charge on any atom is -0.283 e. The highest BCUT2D eigenvalue weighted by molar-refractivity contribution is 5.67. The number of allylic oxidation sites excluding steroid dienone is 2. The fourth-order valence-corrected chi connectivity index (χ4v) is 5.85. The average molecular weight is 403 g/mol. The van der Waals surface area contributed by atoms with Crippen LogP contribution in [0.1, 0.15) is 130 Å². The molecule has 2 rings (SSSR count). The summed E-state index contributed by atoms with van der Waals surface area (Å²) in [6, 6.07) is 0. The van der Waals surface area contributed by atoms with Crippen molar-refractivity contribution in [2.75, 3.05) is 0 Å². The fraction of sp³-hybridized carbons (Fsp3) is 0.889. The lowest BCUT2D eigenvalue weighted by Gasteiger charge is -2.35. The highest BCUT2D eigenvalue weighted by Crippen LogP contribution is 2.40. The zero-order valence-electron chi connectivity index (χ0n) is 20.1. The summed E-state index contributed by atoms with van der Waals surface area (Å²) in [4.78, 5) is 0. The number of nitrogens with one attached hydrogen (secondary N) is 1. The van der Waals surface area contributed by atoms with Crippen molar-refractivity contribution in [2.45, 2.75) is 130 Å². The van der Waals surface area contributed by atoms with Gasteiger partial charge in [0.05, 0.1) is 0 Å². The van der Waals surface area contributed by atoms with Crippen molar-refractivity contribution in [3.05, 3.63) is 11.3 Å². The Labute approximate surface area is 182 Å². The van der Waals surface area contributed by atoms with E-state index in [-0.39, 0.29) is 0 Å². The Bertz CT molecular complexity index is 493. The van der Waals surface area contributed by atoms with Gasteiger partial charge in [0.25, 0.3) is 0 Å². The van der Waals surface area contributed by atoms with Gasteiger partial charge in [0, 0.05) is 23.7 Å². The lowest BCUT2D eigenvalue weighted by atomic mass is 9.73. The molecule has 0 aromatic rings. The van der Waals surface area contributed by atoms with Crippen LogP contribution < -0.4 is 5.43 Å². The third-order valence-electron chi connectivity index (χ3n) is 7.67. The van der Waals surface area contributed by atoms with Crippen LogP contribution in [0.15, 0.2) is 16.4 Å². The van der Waals surface area contributed by atoms with E-state index in [0.29, 0.717) is 11.8 Å². The zero-order chi connectivity index (χ0) is 20.9. The SMILES string of the molecule is CCCCCCC(CCCC)C1CCCC2C=NNC(C(CC)CCC)=C2CC1. The van der Waals surface area contributed by atoms with Gasteiger partial charge in [0.2, 0.25) is 0 Å². The van der Waals surface area contributed by atoms with Crippen molar-refractivity contribution >= 4 is 6.21 Å². The van der Waals surface area contributed by atoms with Crippen LogP contribution in [0.25, 0.3) is 0 Å². The van der Waals surface area contributed by atoms with E-state index in [0.717, 1.165) is 11.8 Å². The van der Waals surface area contributed by atoms with E-state index in [1.165, 1.54) is 108 Å². The molecule has 2 heteroatoms. The maximum atomic E-state index is 4.59. The molecule has 4 atom stereocenters. The zero-order valence-corrected chi connectivity index (χ0v) is 20.1. The largest absolute Gasteiger partial charge is 0.283 e. The first-order valence-electron chi connectivity index (χ1n) is 13.3. The quantitative estimate of drug-likeness (QED) is 0.306. The van der Waals surface area contributed by atoms with Crippen LogP contribution in [0.3, 0.4) is 0 Å². The summed E-state index contributed by atoms with van der Waals surface area (Å²) in [5.41, 5.74) is 6.71. The fourth-order valence-electron chi connectivity index (χ4n) is 5.85. The average Bonchev–Trinajstić information content (AvgIpc) is 2.72. The summed E-state index contributed by atoms with van der Waals surface area (Å²) >= 11 is 0. The van der Waals surface area contributed by atoms with Crippen LogP contribution in [0.5, 0.6) is 0 Å². The minimum absolute atomic E-state index is 0.608. The Kier molecular flexibility index (Phi) is 12.0. The monoisotopic (exact) mass is 402 g/mol. The van der Waals surface area contributed by atoms with Crippen LogP contribution in [-0.2, 0) is 0 Å². The lowest BCUT2D eigenvalue weighted by molar-refractivity contribution is 0.234. The lowest BCUT2D eigenvalue weighted by Crippen LogP contribution is -2.29. The highest BCUT2D eigenvalue weighted by Gasteiger charge is 2.29. The normalized spacial score (nSPS) is 24.4. The van der Waals surface area contributed by atoms with Gasteiger partial charge in [-0.1, -0.05) is 98.3 Å². The number of hydrogen-bond donors (Lipinski definition) is 1. The predicted octanol–water partition coefficient (Wildman–Crippen LogP) is 8.63. The third-order valence-corrected chi connectivity index (χ3v) is 7.67. The number of hydrogen-bond acceptors (Lipinski definition) is 2. The topological polar surface area (TPSA) is 24.4 Å². The molecule has 0 spiro atoms. The molecule has 0 bridgehead atoms. The van der Waals surface area contributed by atoms with E-state index in [9.17, 15) is 0 Å². The minimum atomic E-state index is 0.608. The molecule has 0 aromatic heterocycles. The first-order chi connectivity index (χ1) is 14.2. The first-order valence-corrected chi connectivity index (χ1v) is 13.3. The van der Waals surface area contributed by atoms with Gasteiger partial charge in [-0.25, -0.2) is 0 Å². The van der Waals surface area contributed by atoms with Gasteiger partial charge in [-0.2, -0.15) is 5.10 Å². The number of fused-ring (bicyclic) bond motifs is 1. The summed E-state index contributed by atoms with van der Waals surface area (Å²) < 4.78 is 0. The second-order valence-electron chi connectivity index (χ2n) is 9.81. The van der Waals surface area contributed by atoms with Gasteiger partial charge < -0.3 is 0 Å². The van der Waals surface area contributed by atoms with E-state index in [1.54, 1.807) is 5.57 Å². The second kappa shape index (κ2) is 14.3. The van der Waals surface area contributed by atoms with E-state index in [2.05, 4.69) is 44.4 Å². The Hall–Kier alpha value is -0.790. The van der Waals surface area contributed by atoms with Crippen LogP contribution in [-0.4, -0.2) is 6.21 Å². The number of rotatable bonds is 13. The first kappa shape index (κ1) is 24.5. The van der Waals surface area contributed by atoms with Gasteiger partial charge in [-0.3, -0.25) is 5.43 Å². The number of nitrogens with zero attached hydrogens (tertiary/aromatic N) is 1. The second-order valence-corrected chi connectivity index (χ2v) is 9.81. The number of unbranched alkanes of at least 4 members (excludes halogenated alkanes) is 4. The molecule has 1 saturated carbocycles. The summed E-state index contributed by atoms with van der Waals surface area (Å²) in [5, 5.41) is 4.59. The summed E-state index contributed by atoms with van der Waals surface area (Å²) in [6.45, 7) is 9.36. The van der Waals surface area contributed by atoms with E-state index < -0.39 is 0 Å². The van der Waals surface area contributed by atoms with Gasteiger partial charge >= 0.3 is 0 Å². The molecule has 2 nitrogen and oxygen atoms in total. The Balaban J connectivity index is 2.08. The molecule has 1 fully saturated rings. The van der Waals surface area contributed by atoms with Gasteiger partial charge in [0.1, 0.15) is 0 Å². The molecule has 168 valence electrons. The van der Waals surface area contributed by atoms with Crippen molar-refractivity contribution in [1.29, 1.82) is 0 Å². The molecule has 29 heavy (non-hydrogen) atoms. The summed E-state index contributed by atoms with van der Waals surface area (Å²) in [5.74, 6) is 3.20. The molecule has 1 aliphatic carbocycles. The van der Waals surface area contributed by atoms with E-state index >= 15 is 0 Å².